The third-order valence-corrected chi connectivity index (χ3v) is 6.19. The summed E-state index contributed by atoms with van der Waals surface area (Å²) < 4.78 is 18.3. The summed E-state index contributed by atoms with van der Waals surface area (Å²) in [6.07, 6.45) is 4.80. The van der Waals surface area contributed by atoms with E-state index in [9.17, 15) is 4.39 Å². The molecule has 5 rings (SSSR count). The molecule has 150 valence electrons. The van der Waals surface area contributed by atoms with Gasteiger partial charge in [0.1, 0.15) is 11.6 Å². The van der Waals surface area contributed by atoms with Crippen LogP contribution in [-0.4, -0.2) is 25.3 Å². The molecule has 0 bridgehead atoms. The minimum absolute atomic E-state index is 0.192. The molecule has 6 heteroatoms. The van der Waals surface area contributed by atoms with Crippen molar-refractivity contribution in [1.82, 2.24) is 19.2 Å². The normalized spacial score (nSPS) is 16.5. The minimum Gasteiger partial charge on any atom is -0.299 e. The van der Waals surface area contributed by atoms with E-state index in [0.717, 1.165) is 29.2 Å². The van der Waals surface area contributed by atoms with Gasteiger partial charge in [-0.1, -0.05) is 42.5 Å². The molecular weight excluding hydrogens is 383 g/mol. The molecule has 2 aliphatic rings. The molecule has 2 aliphatic carbocycles. The summed E-state index contributed by atoms with van der Waals surface area (Å²) in [4.78, 5) is 2.42. The standard InChI is InChI=1S/C23H25FN4S/c24-20-10-6-18(7-11-20)14-26(21-12-13-21)16-28-23(29)27(22(25-28)19-8-9-19)15-17-4-2-1-3-5-17/h1-7,10-11,19,21H,8-9,12-16H2. The molecular formula is C23H25FN4S. The fourth-order valence-electron chi connectivity index (χ4n) is 3.84. The molecule has 0 aliphatic heterocycles. The number of aromatic nitrogens is 3. The van der Waals surface area contributed by atoms with Crippen LogP contribution < -0.4 is 0 Å². The topological polar surface area (TPSA) is 26.0 Å². The highest BCUT2D eigenvalue weighted by Gasteiger charge is 2.32. The average Bonchev–Trinajstić information content (AvgIpc) is 3.64. The summed E-state index contributed by atoms with van der Waals surface area (Å²) in [5.41, 5.74) is 2.37. The summed E-state index contributed by atoms with van der Waals surface area (Å²) in [6, 6.07) is 17.8. The highest BCUT2D eigenvalue weighted by molar-refractivity contribution is 7.71. The molecule has 4 nitrogen and oxygen atoms in total. The van der Waals surface area contributed by atoms with Gasteiger partial charge in [0.25, 0.3) is 0 Å². The average molecular weight is 409 g/mol. The Balaban J connectivity index is 1.40. The second-order valence-corrected chi connectivity index (χ2v) is 8.60. The van der Waals surface area contributed by atoms with Crippen LogP contribution >= 0.6 is 12.2 Å². The Morgan fingerprint density at radius 3 is 2.34 bits per heavy atom. The Labute approximate surface area is 175 Å². The molecule has 2 fully saturated rings. The van der Waals surface area contributed by atoms with Crippen molar-refractivity contribution in [3.63, 3.8) is 0 Å². The van der Waals surface area contributed by atoms with Crippen LogP contribution in [0.1, 0.15) is 48.6 Å². The predicted octanol–water partition coefficient (Wildman–Crippen LogP) is 5.10. The lowest BCUT2D eigenvalue weighted by molar-refractivity contribution is 0.186. The Hall–Kier alpha value is -2.31. The van der Waals surface area contributed by atoms with Crippen molar-refractivity contribution in [2.45, 2.75) is 57.4 Å². The van der Waals surface area contributed by atoms with Crippen LogP contribution in [0.4, 0.5) is 4.39 Å². The molecule has 29 heavy (non-hydrogen) atoms. The number of halogens is 1. The molecule has 0 radical (unpaired) electrons. The van der Waals surface area contributed by atoms with Crippen LogP contribution in [0, 0.1) is 10.6 Å². The van der Waals surface area contributed by atoms with E-state index in [-0.39, 0.29) is 5.82 Å². The lowest BCUT2D eigenvalue weighted by Crippen LogP contribution is -2.29. The van der Waals surface area contributed by atoms with Crippen molar-refractivity contribution in [3.05, 3.63) is 82.1 Å². The largest absolute Gasteiger partial charge is 0.299 e. The molecule has 1 aromatic heterocycles. The van der Waals surface area contributed by atoms with E-state index in [1.807, 2.05) is 22.9 Å². The van der Waals surface area contributed by atoms with Gasteiger partial charge in [-0.25, -0.2) is 9.07 Å². The summed E-state index contributed by atoms with van der Waals surface area (Å²) in [6.45, 7) is 2.24. The quantitative estimate of drug-likeness (QED) is 0.485. The highest BCUT2D eigenvalue weighted by Crippen LogP contribution is 2.39. The van der Waals surface area contributed by atoms with Crippen LogP contribution in [0.15, 0.2) is 54.6 Å². The second-order valence-electron chi connectivity index (χ2n) is 8.23. The van der Waals surface area contributed by atoms with E-state index in [1.165, 1.54) is 43.4 Å². The van der Waals surface area contributed by atoms with E-state index in [0.29, 0.717) is 18.6 Å². The van der Waals surface area contributed by atoms with Crippen molar-refractivity contribution >= 4 is 12.2 Å². The zero-order valence-electron chi connectivity index (χ0n) is 16.4. The van der Waals surface area contributed by atoms with Gasteiger partial charge in [0, 0.05) is 18.5 Å². The van der Waals surface area contributed by atoms with Gasteiger partial charge in [-0.2, -0.15) is 5.10 Å². The van der Waals surface area contributed by atoms with E-state index < -0.39 is 0 Å². The second kappa shape index (κ2) is 7.84. The summed E-state index contributed by atoms with van der Waals surface area (Å²) in [5.74, 6) is 1.46. The van der Waals surface area contributed by atoms with E-state index >= 15 is 0 Å². The third-order valence-electron chi connectivity index (χ3n) is 5.76. The summed E-state index contributed by atoms with van der Waals surface area (Å²) >= 11 is 5.85. The van der Waals surface area contributed by atoms with Gasteiger partial charge in [0.15, 0.2) is 4.77 Å². The third kappa shape index (κ3) is 4.33. The van der Waals surface area contributed by atoms with Crippen LogP contribution in [0.25, 0.3) is 0 Å². The lowest BCUT2D eigenvalue weighted by Gasteiger charge is -2.21. The lowest BCUT2D eigenvalue weighted by atomic mass is 10.2. The van der Waals surface area contributed by atoms with Crippen molar-refractivity contribution in [2.24, 2.45) is 0 Å². The minimum atomic E-state index is -0.192. The van der Waals surface area contributed by atoms with Gasteiger partial charge >= 0.3 is 0 Å². The van der Waals surface area contributed by atoms with Gasteiger partial charge in [-0.3, -0.25) is 9.47 Å². The number of rotatable bonds is 8. The number of hydrogen-bond acceptors (Lipinski definition) is 3. The molecule has 3 aromatic rings. The first-order valence-corrected chi connectivity index (χ1v) is 10.8. The fourth-order valence-corrected chi connectivity index (χ4v) is 4.10. The summed E-state index contributed by atoms with van der Waals surface area (Å²) in [5, 5.41) is 4.95. The summed E-state index contributed by atoms with van der Waals surface area (Å²) in [7, 11) is 0. The Bertz CT molecular complexity index is 1030. The first kappa shape index (κ1) is 18.7. The zero-order valence-corrected chi connectivity index (χ0v) is 17.2. The smallest absolute Gasteiger partial charge is 0.199 e. The van der Waals surface area contributed by atoms with E-state index in [2.05, 4.69) is 33.7 Å². The van der Waals surface area contributed by atoms with Crippen molar-refractivity contribution < 1.29 is 4.39 Å². The van der Waals surface area contributed by atoms with Crippen LogP contribution in [0.2, 0.25) is 0 Å². The zero-order chi connectivity index (χ0) is 19.8. The maximum absolute atomic E-state index is 13.3. The number of benzene rings is 2. The van der Waals surface area contributed by atoms with Crippen molar-refractivity contribution in [3.8, 4) is 0 Å². The molecule has 0 saturated heterocycles. The predicted molar refractivity (Wildman–Crippen MR) is 114 cm³/mol. The van der Waals surface area contributed by atoms with Gasteiger partial charge < -0.3 is 0 Å². The number of nitrogens with zero attached hydrogens (tertiary/aromatic N) is 4. The van der Waals surface area contributed by atoms with Crippen molar-refractivity contribution in [1.29, 1.82) is 0 Å². The Morgan fingerprint density at radius 1 is 0.966 bits per heavy atom. The molecule has 0 unspecified atom stereocenters. The van der Waals surface area contributed by atoms with Crippen LogP contribution in [-0.2, 0) is 19.8 Å². The molecule has 2 aromatic carbocycles. The molecule has 1 heterocycles. The Morgan fingerprint density at radius 2 is 1.69 bits per heavy atom. The van der Waals surface area contributed by atoms with E-state index in [1.54, 1.807) is 0 Å². The maximum atomic E-state index is 13.3. The van der Waals surface area contributed by atoms with Gasteiger partial charge in [0.2, 0.25) is 0 Å². The van der Waals surface area contributed by atoms with Gasteiger partial charge in [-0.05, 0) is 61.2 Å². The Kier molecular flexibility index (Phi) is 5.06. The molecule has 2 saturated carbocycles. The van der Waals surface area contributed by atoms with Crippen LogP contribution in [0.5, 0.6) is 0 Å². The van der Waals surface area contributed by atoms with Gasteiger partial charge in [-0.15, -0.1) is 0 Å². The molecule has 0 spiro atoms. The fraction of sp³-hybridized carbons (Fsp3) is 0.391. The molecule has 0 atom stereocenters. The first-order chi connectivity index (χ1) is 14.2. The number of hydrogen-bond donors (Lipinski definition) is 0. The first-order valence-electron chi connectivity index (χ1n) is 10.4. The molecule has 0 amide bonds. The van der Waals surface area contributed by atoms with Crippen molar-refractivity contribution in [2.75, 3.05) is 0 Å². The van der Waals surface area contributed by atoms with E-state index in [4.69, 9.17) is 17.3 Å². The van der Waals surface area contributed by atoms with Gasteiger partial charge in [0.05, 0.1) is 13.2 Å². The van der Waals surface area contributed by atoms with Crippen LogP contribution in [0.3, 0.4) is 0 Å². The highest BCUT2D eigenvalue weighted by atomic mass is 32.1. The molecule has 0 N–H and O–H groups in total. The SMILES string of the molecule is Fc1ccc(CN(Cn2nc(C3CC3)n(Cc3ccccc3)c2=S)C2CC2)cc1. The maximum Gasteiger partial charge on any atom is 0.199 e. The monoisotopic (exact) mass is 408 g/mol.